The third kappa shape index (κ3) is 4.37. The first-order chi connectivity index (χ1) is 10.7. The number of alkyl halides is 3. The van der Waals surface area contributed by atoms with E-state index in [9.17, 15) is 23.1 Å². The Bertz CT molecular complexity index is 553. The molecule has 1 saturated heterocycles. The van der Waals surface area contributed by atoms with Crippen molar-refractivity contribution in [1.82, 2.24) is 10.2 Å². The predicted molar refractivity (Wildman–Crippen MR) is 80.1 cm³/mol. The first-order valence-electron chi connectivity index (χ1n) is 7.59. The molecule has 1 aliphatic heterocycles. The summed E-state index contributed by atoms with van der Waals surface area (Å²) < 4.78 is 38.1. The number of urea groups is 1. The molecule has 0 atom stereocenters. The van der Waals surface area contributed by atoms with Gasteiger partial charge in [-0.25, -0.2) is 4.79 Å². The van der Waals surface area contributed by atoms with Gasteiger partial charge in [0.15, 0.2) is 5.60 Å². The Morgan fingerprint density at radius 2 is 2.00 bits per heavy atom. The van der Waals surface area contributed by atoms with Gasteiger partial charge in [0.25, 0.3) is 0 Å². The number of likely N-dealkylation sites (tertiary alicyclic amines) is 1. The van der Waals surface area contributed by atoms with Crippen LogP contribution in [0.3, 0.4) is 0 Å². The van der Waals surface area contributed by atoms with Crippen LogP contribution in [0, 0.1) is 6.92 Å². The van der Waals surface area contributed by atoms with Gasteiger partial charge in [0.1, 0.15) is 0 Å². The van der Waals surface area contributed by atoms with Gasteiger partial charge in [-0.2, -0.15) is 13.2 Å². The Labute approximate surface area is 133 Å². The number of benzene rings is 1. The van der Waals surface area contributed by atoms with Gasteiger partial charge in [0.2, 0.25) is 0 Å². The number of carbonyl (C=O) groups is 1. The summed E-state index contributed by atoms with van der Waals surface area (Å²) in [5.74, 6) is 0. The van der Waals surface area contributed by atoms with E-state index in [1.807, 2.05) is 31.2 Å². The molecule has 0 bridgehead atoms. The number of piperidine rings is 1. The number of nitrogens with zero attached hydrogens (tertiary/aromatic N) is 1. The highest BCUT2D eigenvalue weighted by molar-refractivity contribution is 5.74. The zero-order chi connectivity index (χ0) is 17.1. The summed E-state index contributed by atoms with van der Waals surface area (Å²) in [5.41, 5.74) is -0.447. The second-order valence-corrected chi connectivity index (χ2v) is 5.99. The minimum Gasteiger partial charge on any atom is -0.380 e. The standard InChI is InChI=1S/C16H21F3N2O2/c1-12-3-2-4-13(11-12)5-8-20-14(22)21-9-6-15(23,7-10-21)16(17,18)19/h2-4,11,23H,5-10H2,1H3,(H,20,22). The molecule has 1 fully saturated rings. The molecule has 23 heavy (non-hydrogen) atoms. The van der Waals surface area contributed by atoms with Crippen LogP contribution in [-0.4, -0.2) is 47.4 Å². The molecule has 1 heterocycles. The van der Waals surface area contributed by atoms with Crippen LogP contribution >= 0.6 is 0 Å². The molecule has 2 amide bonds. The fraction of sp³-hybridized carbons (Fsp3) is 0.562. The average molecular weight is 330 g/mol. The van der Waals surface area contributed by atoms with Crippen LogP contribution in [0.2, 0.25) is 0 Å². The van der Waals surface area contributed by atoms with Crippen molar-refractivity contribution >= 4 is 6.03 Å². The SMILES string of the molecule is Cc1cccc(CCNC(=O)N2CCC(O)(C(F)(F)F)CC2)c1. The van der Waals surface area contributed by atoms with Crippen LogP contribution in [0.25, 0.3) is 0 Å². The summed E-state index contributed by atoms with van der Waals surface area (Å²) in [6.45, 7) is 2.19. The van der Waals surface area contributed by atoms with Gasteiger partial charge in [0.05, 0.1) is 0 Å². The minimum absolute atomic E-state index is 0.105. The summed E-state index contributed by atoms with van der Waals surface area (Å²) in [6.07, 6.45) is -4.96. The Kier molecular flexibility index (Phi) is 5.19. The number of hydrogen-bond acceptors (Lipinski definition) is 2. The fourth-order valence-electron chi connectivity index (χ4n) is 2.66. The number of rotatable bonds is 3. The van der Waals surface area contributed by atoms with Crippen LogP contribution in [0.5, 0.6) is 0 Å². The quantitative estimate of drug-likeness (QED) is 0.895. The normalized spacial score (nSPS) is 17.9. The third-order valence-electron chi connectivity index (χ3n) is 4.18. The first kappa shape index (κ1) is 17.6. The highest BCUT2D eigenvalue weighted by Crippen LogP contribution is 2.38. The highest BCUT2D eigenvalue weighted by atomic mass is 19.4. The number of hydrogen-bond donors (Lipinski definition) is 2. The summed E-state index contributed by atoms with van der Waals surface area (Å²) in [7, 11) is 0. The van der Waals surface area contributed by atoms with Gasteiger partial charge in [-0.05, 0) is 18.9 Å². The topological polar surface area (TPSA) is 52.6 Å². The minimum atomic E-state index is -4.65. The number of halogens is 3. The van der Waals surface area contributed by atoms with Crippen molar-refractivity contribution in [3.63, 3.8) is 0 Å². The zero-order valence-electron chi connectivity index (χ0n) is 13.0. The molecule has 1 aromatic rings. The molecular weight excluding hydrogens is 309 g/mol. The second-order valence-electron chi connectivity index (χ2n) is 5.99. The van der Waals surface area contributed by atoms with Crippen molar-refractivity contribution in [2.24, 2.45) is 0 Å². The van der Waals surface area contributed by atoms with Crippen LogP contribution in [0.4, 0.5) is 18.0 Å². The predicted octanol–water partition coefficient (Wildman–Crippen LogP) is 2.64. The lowest BCUT2D eigenvalue weighted by Crippen LogP contribution is -2.55. The monoisotopic (exact) mass is 330 g/mol. The average Bonchev–Trinajstić information content (AvgIpc) is 2.47. The molecule has 0 radical (unpaired) electrons. The van der Waals surface area contributed by atoms with Crippen molar-refractivity contribution in [3.05, 3.63) is 35.4 Å². The van der Waals surface area contributed by atoms with Gasteiger partial charge in [-0.15, -0.1) is 0 Å². The van der Waals surface area contributed by atoms with Gasteiger partial charge in [0, 0.05) is 32.5 Å². The second kappa shape index (κ2) is 6.78. The first-order valence-corrected chi connectivity index (χ1v) is 7.59. The zero-order valence-corrected chi connectivity index (χ0v) is 13.0. The number of aliphatic hydroxyl groups is 1. The largest absolute Gasteiger partial charge is 0.417 e. The van der Waals surface area contributed by atoms with E-state index < -0.39 is 24.6 Å². The maximum atomic E-state index is 12.7. The van der Waals surface area contributed by atoms with Gasteiger partial charge >= 0.3 is 12.2 Å². The van der Waals surface area contributed by atoms with E-state index in [-0.39, 0.29) is 19.1 Å². The van der Waals surface area contributed by atoms with Crippen molar-refractivity contribution in [1.29, 1.82) is 0 Å². The van der Waals surface area contributed by atoms with E-state index in [0.29, 0.717) is 13.0 Å². The van der Waals surface area contributed by atoms with E-state index in [1.54, 1.807) is 0 Å². The van der Waals surface area contributed by atoms with Crippen molar-refractivity contribution < 1.29 is 23.1 Å². The van der Waals surface area contributed by atoms with Crippen LogP contribution in [0.1, 0.15) is 24.0 Å². The van der Waals surface area contributed by atoms with E-state index in [1.165, 1.54) is 4.90 Å². The molecule has 1 aromatic carbocycles. The molecule has 4 nitrogen and oxygen atoms in total. The van der Waals surface area contributed by atoms with Crippen molar-refractivity contribution in [2.75, 3.05) is 19.6 Å². The molecule has 0 spiro atoms. The van der Waals surface area contributed by atoms with Gasteiger partial charge in [-0.1, -0.05) is 29.8 Å². The van der Waals surface area contributed by atoms with E-state index in [0.717, 1.165) is 11.1 Å². The van der Waals surface area contributed by atoms with E-state index >= 15 is 0 Å². The molecule has 0 unspecified atom stereocenters. The molecule has 7 heteroatoms. The maximum Gasteiger partial charge on any atom is 0.417 e. The Hall–Kier alpha value is -1.76. The fourth-order valence-corrected chi connectivity index (χ4v) is 2.66. The van der Waals surface area contributed by atoms with E-state index in [4.69, 9.17) is 0 Å². The molecule has 1 aliphatic rings. The summed E-state index contributed by atoms with van der Waals surface area (Å²) in [6, 6.07) is 7.52. The van der Waals surface area contributed by atoms with Gasteiger partial charge in [-0.3, -0.25) is 0 Å². The molecular formula is C16H21F3N2O2. The van der Waals surface area contributed by atoms with Crippen LogP contribution in [-0.2, 0) is 6.42 Å². The molecule has 2 rings (SSSR count). The number of amides is 2. The molecule has 128 valence electrons. The summed E-state index contributed by atoms with van der Waals surface area (Å²) in [4.78, 5) is 13.3. The Morgan fingerprint density at radius 1 is 1.35 bits per heavy atom. The number of nitrogens with one attached hydrogen (secondary N) is 1. The van der Waals surface area contributed by atoms with Crippen molar-refractivity contribution in [3.8, 4) is 0 Å². The highest BCUT2D eigenvalue weighted by Gasteiger charge is 2.54. The smallest absolute Gasteiger partial charge is 0.380 e. The lowest BCUT2D eigenvalue weighted by atomic mass is 9.91. The molecule has 0 aliphatic carbocycles. The lowest BCUT2D eigenvalue weighted by molar-refractivity contribution is -0.271. The number of aryl methyl sites for hydroxylation is 1. The summed E-state index contributed by atoms with van der Waals surface area (Å²) >= 11 is 0. The molecule has 2 N–H and O–H groups in total. The number of carbonyl (C=O) groups excluding carboxylic acids is 1. The third-order valence-corrected chi connectivity index (χ3v) is 4.18. The Balaban J connectivity index is 1.77. The maximum absolute atomic E-state index is 12.7. The molecule has 0 aromatic heterocycles. The van der Waals surface area contributed by atoms with Crippen molar-refractivity contribution in [2.45, 2.75) is 38.0 Å². The lowest BCUT2D eigenvalue weighted by Gasteiger charge is -2.39. The Morgan fingerprint density at radius 3 is 2.57 bits per heavy atom. The van der Waals surface area contributed by atoms with Crippen LogP contribution in [0.15, 0.2) is 24.3 Å². The van der Waals surface area contributed by atoms with Gasteiger partial charge < -0.3 is 15.3 Å². The molecule has 0 saturated carbocycles. The van der Waals surface area contributed by atoms with E-state index in [2.05, 4.69) is 5.32 Å². The summed E-state index contributed by atoms with van der Waals surface area (Å²) in [5, 5.41) is 12.3. The van der Waals surface area contributed by atoms with Crippen LogP contribution < -0.4 is 5.32 Å².